The van der Waals surface area contributed by atoms with Gasteiger partial charge in [-0.15, -0.1) is 0 Å². The molecule has 1 saturated carbocycles. The van der Waals surface area contributed by atoms with Crippen LogP contribution in [0.2, 0.25) is 5.02 Å². The van der Waals surface area contributed by atoms with E-state index in [0.29, 0.717) is 29.4 Å². The summed E-state index contributed by atoms with van der Waals surface area (Å²) in [5.74, 6) is 0.854. The summed E-state index contributed by atoms with van der Waals surface area (Å²) in [5, 5.41) is 2.69. The molecule has 36 heavy (non-hydrogen) atoms. The third kappa shape index (κ3) is 5.25. The van der Waals surface area contributed by atoms with Gasteiger partial charge in [0.2, 0.25) is 10.0 Å². The molecule has 2 aliphatic heterocycles. The van der Waals surface area contributed by atoms with E-state index in [4.69, 9.17) is 22.1 Å². The summed E-state index contributed by atoms with van der Waals surface area (Å²) in [6.07, 6.45) is 7.98. The standard InChI is InChI=1S/C22H28ClN7O4S2/c1-13-19(24)22(12-34-13)5-8-30(9-6-22)16-10-27-17(11-26-16)35-15-4-7-25-20(18(15)23)28-21(31)29-36(32,33)14-2-3-14/h4,7,10-11,13-14,19H,2-3,5-6,8-9,12,24H2,1H3,(H2,25,28,29,31)/t13-,19+/m0/s1. The number of hydrogen-bond donors (Lipinski definition) is 3. The zero-order valence-corrected chi connectivity index (χ0v) is 22.1. The van der Waals surface area contributed by atoms with E-state index in [1.165, 1.54) is 18.0 Å². The fourth-order valence-corrected chi connectivity index (χ4v) is 6.87. The van der Waals surface area contributed by atoms with E-state index in [9.17, 15) is 13.2 Å². The van der Waals surface area contributed by atoms with Crippen molar-refractivity contribution >= 4 is 51.1 Å². The molecule has 4 heterocycles. The molecule has 0 bridgehead atoms. The number of rotatable bonds is 6. The first kappa shape index (κ1) is 25.5. The predicted octanol–water partition coefficient (Wildman–Crippen LogP) is 2.62. The molecule has 11 nitrogen and oxygen atoms in total. The lowest BCUT2D eigenvalue weighted by Crippen LogP contribution is -2.50. The number of halogens is 1. The number of piperidine rings is 1. The van der Waals surface area contributed by atoms with Crippen molar-refractivity contribution in [2.45, 2.75) is 59.9 Å². The van der Waals surface area contributed by atoms with Crippen LogP contribution in [0.4, 0.5) is 16.4 Å². The van der Waals surface area contributed by atoms with Crippen LogP contribution in [0.5, 0.6) is 0 Å². The fourth-order valence-electron chi connectivity index (χ4n) is 4.61. The first-order chi connectivity index (χ1) is 17.2. The van der Waals surface area contributed by atoms with Crippen molar-refractivity contribution in [2.24, 2.45) is 11.1 Å². The van der Waals surface area contributed by atoms with Gasteiger partial charge in [-0.25, -0.2) is 32.9 Å². The van der Waals surface area contributed by atoms with Gasteiger partial charge in [0.25, 0.3) is 0 Å². The molecule has 0 unspecified atom stereocenters. The smallest absolute Gasteiger partial charge is 0.334 e. The Morgan fingerprint density at radius 1 is 1.25 bits per heavy atom. The van der Waals surface area contributed by atoms with Crippen molar-refractivity contribution in [3.8, 4) is 0 Å². The molecule has 2 saturated heterocycles. The van der Waals surface area contributed by atoms with Gasteiger partial charge >= 0.3 is 6.03 Å². The van der Waals surface area contributed by atoms with E-state index in [0.717, 1.165) is 31.7 Å². The van der Waals surface area contributed by atoms with Crippen LogP contribution in [-0.2, 0) is 14.8 Å². The highest BCUT2D eigenvalue weighted by atomic mass is 35.5. The number of nitrogens with zero attached hydrogens (tertiary/aromatic N) is 4. The monoisotopic (exact) mass is 553 g/mol. The third-order valence-electron chi connectivity index (χ3n) is 7.04. The van der Waals surface area contributed by atoms with Crippen LogP contribution >= 0.6 is 23.4 Å². The molecule has 1 spiro atoms. The van der Waals surface area contributed by atoms with Crippen LogP contribution in [-0.4, -0.2) is 66.5 Å². The molecule has 2 aromatic rings. The molecule has 4 N–H and O–H groups in total. The van der Waals surface area contributed by atoms with Crippen molar-refractivity contribution < 1.29 is 17.9 Å². The minimum Gasteiger partial charge on any atom is -0.376 e. The zero-order valence-electron chi connectivity index (χ0n) is 19.7. The summed E-state index contributed by atoms with van der Waals surface area (Å²) in [7, 11) is -3.68. The van der Waals surface area contributed by atoms with E-state index in [-0.39, 0.29) is 28.4 Å². The number of amides is 2. The van der Waals surface area contributed by atoms with Gasteiger partial charge in [0.05, 0.1) is 35.4 Å². The van der Waals surface area contributed by atoms with Gasteiger partial charge in [0.1, 0.15) is 10.8 Å². The highest BCUT2D eigenvalue weighted by Gasteiger charge is 2.47. The lowest BCUT2D eigenvalue weighted by Gasteiger charge is -2.41. The minimum atomic E-state index is -3.68. The molecule has 2 amide bonds. The second-order valence-corrected chi connectivity index (χ2v) is 12.9. The average molecular weight is 554 g/mol. The summed E-state index contributed by atoms with van der Waals surface area (Å²) in [6, 6.07) is 0.845. The molecule has 3 aliphatic rings. The molecule has 0 aromatic carbocycles. The normalized spacial score (nSPS) is 23.6. The van der Waals surface area contributed by atoms with E-state index >= 15 is 0 Å². The third-order valence-corrected chi connectivity index (χ3v) is 10.3. The molecule has 5 rings (SSSR count). The van der Waals surface area contributed by atoms with Crippen LogP contribution in [0, 0.1) is 5.41 Å². The Morgan fingerprint density at radius 2 is 2.00 bits per heavy atom. The Hall–Kier alpha value is -2.19. The molecule has 2 aromatic heterocycles. The number of pyridine rings is 1. The van der Waals surface area contributed by atoms with Gasteiger partial charge in [-0.3, -0.25) is 5.32 Å². The first-order valence-corrected chi connectivity index (χ1v) is 14.5. The molecule has 2 atom stereocenters. The van der Waals surface area contributed by atoms with Gasteiger partial charge in [-0.05, 0) is 38.7 Å². The van der Waals surface area contributed by atoms with E-state index in [2.05, 4.69) is 25.2 Å². The van der Waals surface area contributed by atoms with Crippen molar-refractivity contribution in [2.75, 3.05) is 29.9 Å². The second-order valence-electron chi connectivity index (χ2n) is 9.48. The number of ether oxygens (including phenoxy) is 1. The lowest BCUT2D eigenvalue weighted by atomic mass is 9.73. The molecular weight excluding hydrogens is 526 g/mol. The summed E-state index contributed by atoms with van der Waals surface area (Å²) < 4.78 is 31.7. The van der Waals surface area contributed by atoms with E-state index in [1.807, 2.05) is 11.6 Å². The summed E-state index contributed by atoms with van der Waals surface area (Å²) >= 11 is 7.70. The van der Waals surface area contributed by atoms with E-state index in [1.54, 1.807) is 18.5 Å². The molecule has 1 aliphatic carbocycles. The quantitative estimate of drug-likeness (QED) is 0.486. The SMILES string of the molecule is C[C@@H]1OCC2(CCN(c3cnc(Sc4ccnc(NC(=O)NS(=O)(=O)C5CC5)c4Cl)cn3)CC2)[C@@H]1N. The van der Waals surface area contributed by atoms with Gasteiger partial charge in [0, 0.05) is 35.6 Å². The number of nitrogens with one attached hydrogen (secondary N) is 2. The predicted molar refractivity (Wildman–Crippen MR) is 137 cm³/mol. The number of carbonyl (C=O) groups excluding carboxylic acids is 1. The zero-order chi connectivity index (χ0) is 25.5. The minimum absolute atomic E-state index is 0.0436. The van der Waals surface area contributed by atoms with Crippen LogP contribution < -0.4 is 20.7 Å². The first-order valence-electron chi connectivity index (χ1n) is 11.8. The molecule has 194 valence electrons. The fraction of sp³-hybridized carbons (Fsp3) is 0.545. The van der Waals surface area contributed by atoms with Crippen molar-refractivity contribution in [3.05, 3.63) is 29.7 Å². The molecular formula is C22H28ClN7O4S2. The number of carbonyl (C=O) groups is 1. The number of nitrogens with two attached hydrogens (primary N) is 1. The van der Waals surface area contributed by atoms with Crippen molar-refractivity contribution in [3.63, 3.8) is 0 Å². The number of sulfonamides is 1. The van der Waals surface area contributed by atoms with Crippen LogP contribution in [0.25, 0.3) is 0 Å². The average Bonchev–Trinajstić information content (AvgIpc) is 3.68. The lowest BCUT2D eigenvalue weighted by molar-refractivity contribution is 0.0974. The molecule has 3 fully saturated rings. The largest absolute Gasteiger partial charge is 0.376 e. The maximum Gasteiger partial charge on any atom is 0.334 e. The Kier molecular flexibility index (Phi) is 7.03. The summed E-state index contributed by atoms with van der Waals surface area (Å²) in [6.45, 7) is 4.44. The number of urea groups is 1. The van der Waals surface area contributed by atoms with Crippen LogP contribution in [0.15, 0.2) is 34.6 Å². The second kappa shape index (κ2) is 9.93. The summed E-state index contributed by atoms with van der Waals surface area (Å²) in [4.78, 5) is 28.1. The number of hydrogen-bond acceptors (Lipinski definition) is 10. The van der Waals surface area contributed by atoms with Crippen molar-refractivity contribution in [1.82, 2.24) is 19.7 Å². The topological polar surface area (TPSA) is 152 Å². The maximum atomic E-state index is 12.1. The number of anilines is 2. The Balaban J connectivity index is 1.20. The summed E-state index contributed by atoms with van der Waals surface area (Å²) in [5.41, 5.74) is 6.46. The Labute approximate surface area is 219 Å². The van der Waals surface area contributed by atoms with Crippen molar-refractivity contribution in [1.29, 1.82) is 0 Å². The Morgan fingerprint density at radius 3 is 2.61 bits per heavy atom. The number of aromatic nitrogens is 3. The van der Waals surface area contributed by atoms with Gasteiger partial charge in [0.15, 0.2) is 5.82 Å². The van der Waals surface area contributed by atoms with Crippen LogP contribution in [0.1, 0.15) is 32.6 Å². The van der Waals surface area contributed by atoms with E-state index < -0.39 is 21.3 Å². The maximum absolute atomic E-state index is 12.1. The van der Waals surface area contributed by atoms with Gasteiger partial charge < -0.3 is 15.4 Å². The highest BCUT2D eigenvalue weighted by molar-refractivity contribution is 7.99. The highest BCUT2D eigenvalue weighted by Crippen LogP contribution is 2.42. The Bertz CT molecular complexity index is 1240. The van der Waals surface area contributed by atoms with Crippen LogP contribution in [0.3, 0.4) is 0 Å². The molecule has 0 radical (unpaired) electrons. The van der Waals surface area contributed by atoms with Gasteiger partial charge in [-0.1, -0.05) is 23.4 Å². The molecule has 14 heteroatoms. The van der Waals surface area contributed by atoms with Gasteiger partial charge in [-0.2, -0.15) is 0 Å².